The zero-order valence-corrected chi connectivity index (χ0v) is 11.1. The van der Waals surface area contributed by atoms with Crippen molar-refractivity contribution in [3.05, 3.63) is 0 Å². The second-order valence-electron chi connectivity index (χ2n) is 6.13. The van der Waals surface area contributed by atoms with E-state index in [2.05, 4.69) is 0 Å². The monoisotopic (exact) mass is 422 g/mol. The number of hydrogen-bond acceptors (Lipinski definition) is 1. The Kier molecular flexibility index (Phi) is 2.74. The molecule has 4 saturated carbocycles. The molecule has 0 heterocycles. The molecule has 0 atom stereocenters. The van der Waals surface area contributed by atoms with E-state index in [1.165, 1.54) is 0 Å². The Labute approximate surface area is 130 Å². The molecule has 0 unspecified atom stereocenters. The molecule has 4 bridgehead atoms. The highest BCUT2D eigenvalue weighted by Crippen LogP contribution is 2.88. The van der Waals surface area contributed by atoms with Crippen LogP contribution in [0.15, 0.2) is 0 Å². The third-order valence-electron chi connectivity index (χ3n) is 5.24. The molecular formula is C10HF15O. The zero-order chi connectivity index (χ0) is 21.0. The van der Waals surface area contributed by atoms with Gasteiger partial charge in [0.15, 0.2) is 0 Å². The first-order chi connectivity index (χ1) is 11.0. The van der Waals surface area contributed by atoms with Crippen molar-refractivity contribution in [1.82, 2.24) is 0 Å². The number of halogens is 15. The maximum absolute atomic E-state index is 14.1. The van der Waals surface area contributed by atoms with Crippen LogP contribution in [-0.4, -0.2) is 63.2 Å². The summed E-state index contributed by atoms with van der Waals surface area (Å²) >= 11 is 0. The minimum Gasteiger partial charge on any atom is -0.356 e. The minimum absolute atomic E-state index is 7.41. The highest BCUT2D eigenvalue weighted by molar-refractivity contribution is 5.53. The van der Waals surface area contributed by atoms with Crippen LogP contribution in [0.25, 0.3) is 0 Å². The molecule has 0 aromatic carbocycles. The Morgan fingerprint density at radius 1 is 0.308 bits per heavy atom. The molecule has 0 aromatic heterocycles. The molecule has 152 valence electrons. The third-order valence-corrected chi connectivity index (χ3v) is 5.24. The fourth-order valence-corrected chi connectivity index (χ4v) is 3.83. The lowest BCUT2D eigenvalue weighted by Gasteiger charge is -2.73. The molecule has 4 rings (SSSR count). The van der Waals surface area contributed by atoms with Crippen molar-refractivity contribution in [2.75, 3.05) is 0 Å². The summed E-state index contributed by atoms with van der Waals surface area (Å²) in [6, 6.07) is 0. The van der Waals surface area contributed by atoms with Crippen LogP contribution in [0.5, 0.6) is 0 Å². The van der Waals surface area contributed by atoms with Gasteiger partial charge in [-0.15, -0.1) is 0 Å². The normalized spacial score (nSPS) is 57.2. The van der Waals surface area contributed by atoms with Gasteiger partial charge in [-0.3, -0.25) is 0 Å². The van der Waals surface area contributed by atoms with Gasteiger partial charge in [0.25, 0.3) is 0 Å². The standard InChI is InChI=1S/C10HF15O/c11-1-5(15,16)2(12)8(21,22)3(13,6(1,17)18)10(25,26)4(14,7(1,19)20)9(2,23)24/h26H. The van der Waals surface area contributed by atoms with E-state index < -0.39 is 58.1 Å². The first kappa shape index (κ1) is 19.7. The average molecular weight is 422 g/mol. The zero-order valence-electron chi connectivity index (χ0n) is 11.1. The van der Waals surface area contributed by atoms with Gasteiger partial charge in [0.1, 0.15) is 0 Å². The summed E-state index contributed by atoms with van der Waals surface area (Å²) in [5.41, 5.74) is -30.7. The first-order valence-corrected chi connectivity index (χ1v) is 6.06. The smallest absolute Gasteiger partial charge is 0.339 e. The molecule has 0 aliphatic heterocycles. The molecule has 0 spiro atoms. The van der Waals surface area contributed by atoms with E-state index in [1.54, 1.807) is 0 Å². The Hall–Kier alpha value is -1.09. The Bertz CT molecular complexity index is 512. The van der Waals surface area contributed by atoms with E-state index >= 15 is 0 Å². The molecule has 0 saturated heterocycles. The van der Waals surface area contributed by atoms with Gasteiger partial charge in [-0.05, 0) is 0 Å². The van der Waals surface area contributed by atoms with Crippen LogP contribution < -0.4 is 0 Å². The molecule has 0 amide bonds. The summed E-state index contributed by atoms with van der Waals surface area (Å²) in [6.07, 6.45) is 0. The van der Waals surface area contributed by atoms with E-state index in [0.717, 1.165) is 0 Å². The van der Waals surface area contributed by atoms with Crippen molar-refractivity contribution in [3.63, 3.8) is 0 Å². The van der Waals surface area contributed by atoms with Gasteiger partial charge in [0.05, 0.1) is 0 Å². The number of aliphatic hydroxyl groups is 1. The Balaban J connectivity index is 2.71. The highest BCUT2D eigenvalue weighted by Gasteiger charge is 3.23. The lowest BCUT2D eigenvalue weighted by molar-refractivity contribution is -0.614. The molecule has 1 N–H and O–H groups in total. The lowest BCUT2D eigenvalue weighted by atomic mass is 9.40. The highest BCUT2D eigenvalue weighted by atomic mass is 19.3. The summed E-state index contributed by atoms with van der Waals surface area (Å²) in [5, 5.41) is 8.64. The summed E-state index contributed by atoms with van der Waals surface area (Å²) in [5.74, 6) is -46.4. The SMILES string of the molecule is OC1(F)C2(F)C(F)(F)C3(F)C(F)(F)C1(F)C(F)(F)C(F)(C2(F)F)C3(F)F. The van der Waals surface area contributed by atoms with Gasteiger partial charge in [0, 0.05) is 0 Å². The summed E-state index contributed by atoms with van der Waals surface area (Å²) in [4.78, 5) is 0. The molecule has 4 aliphatic rings. The van der Waals surface area contributed by atoms with E-state index in [4.69, 9.17) is 5.11 Å². The number of hydrogen-bond donors (Lipinski definition) is 1. The van der Waals surface area contributed by atoms with Gasteiger partial charge in [-0.1, -0.05) is 0 Å². The van der Waals surface area contributed by atoms with Crippen LogP contribution >= 0.6 is 0 Å². The third kappa shape index (κ3) is 0.962. The summed E-state index contributed by atoms with van der Waals surface area (Å²) in [6.45, 7) is 0. The average Bonchev–Trinajstić information content (AvgIpc) is 2.46. The van der Waals surface area contributed by atoms with Crippen molar-refractivity contribution in [2.24, 2.45) is 0 Å². The van der Waals surface area contributed by atoms with E-state index in [1.807, 2.05) is 0 Å². The maximum Gasteiger partial charge on any atom is 0.339 e. The van der Waals surface area contributed by atoms with Crippen LogP contribution in [0.2, 0.25) is 0 Å². The predicted molar refractivity (Wildman–Crippen MR) is 46.1 cm³/mol. The second-order valence-corrected chi connectivity index (χ2v) is 6.13. The molecule has 26 heavy (non-hydrogen) atoms. The molecule has 0 radical (unpaired) electrons. The van der Waals surface area contributed by atoms with Crippen LogP contribution in [0.4, 0.5) is 65.9 Å². The fourth-order valence-electron chi connectivity index (χ4n) is 3.83. The Morgan fingerprint density at radius 2 is 0.462 bits per heavy atom. The van der Waals surface area contributed by atoms with Crippen LogP contribution in [0, 0.1) is 0 Å². The maximum atomic E-state index is 14.1. The summed E-state index contributed by atoms with van der Waals surface area (Å²) in [7, 11) is 0. The van der Waals surface area contributed by atoms with Crippen molar-refractivity contribution >= 4 is 0 Å². The van der Waals surface area contributed by atoms with Crippen LogP contribution in [0.3, 0.4) is 0 Å². The largest absolute Gasteiger partial charge is 0.356 e. The van der Waals surface area contributed by atoms with E-state index in [9.17, 15) is 65.9 Å². The van der Waals surface area contributed by atoms with Crippen LogP contribution in [0.1, 0.15) is 0 Å². The minimum atomic E-state index is -7.86. The summed E-state index contributed by atoms with van der Waals surface area (Å²) < 4.78 is 207. The fraction of sp³-hybridized carbons (Fsp3) is 1.00. The van der Waals surface area contributed by atoms with Crippen molar-refractivity contribution in [2.45, 2.75) is 58.1 Å². The quantitative estimate of drug-likeness (QED) is 0.591. The predicted octanol–water partition coefficient (Wildman–Crippen LogP) is 3.69. The van der Waals surface area contributed by atoms with Gasteiger partial charge >= 0.3 is 58.1 Å². The van der Waals surface area contributed by atoms with E-state index in [0.29, 0.717) is 0 Å². The molecule has 4 aliphatic carbocycles. The van der Waals surface area contributed by atoms with E-state index in [-0.39, 0.29) is 0 Å². The molecule has 16 heteroatoms. The van der Waals surface area contributed by atoms with Crippen molar-refractivity contribution in [3.8, 4) is 0 Å². The van der Waals surface area contributed by atoms with Crippen molar-refractivity contribution < 1.29 is 71.0 Å². The van der Waals surface area contributed by atoms with Gasteiger partial charge in [-0.25, -0.2) is 22.0 Å². The molecule has 4 fully saturated rings. The molecule has 0 aromatic rings. The topological polar surface area (TPSA) is 20.2 Å². The molecule has 1 nitrogen and oxygen atoms in total. The van der Waals surface area contributed by atoms with Crippen molar-refractivity contribution in [1.29, 1.82) is 0 Å². The Morgan fingerprint density at radius 3 is 0.654 bits per heavy atom. The lowest BCUT2D eigenvalue weighted by Crippen LogP contribution is -3.09. The first-order valence-electron chi connectivity index (χ1n) is 6.06. The van der Waals surface area contributed by atoms with Crippen LogP contribution in [-0.2, 0) is 0 Å². The second kappa shape index (κ2) is 3.62. The van der Waals surface area contributed by atoms with Gasteiger partial charge in [-0.2, -0.15) is 43.9 Å². The van der Waals surface area contributed by atoms with Gasteiger partial charge < -0.3 is 5.11 Å². The molecular weight excluding hydrogens is 421 g/mol. The van der Waals surface area contributed by atoms with Gasteiger partial charge in [0.2, 0.25) is 0 Å². The number of rotatable bonds is 0. The number of alkyl halides is 15.